The van der Waals surface area contributed by atoms with Crippen molar-refractivity contribution in [2.45, 2.75) is 38.5 Å². The fraction of sp³-hybridized carbons (Fsp3) is 0.290. The first-order valence-electron chi connectivity index (χ1n) is 13.6. The van der Waals surface area contributed by atoms with Crippen LogP contribution < -0.4 is 4.74 Å². The minimum Gasteiger partial charge on any atom is -0.489 e. The van der Waals surface area contributed by atoms with Crippen molar-refractivity contribution in [3.8, 4) is 22.8 Å². The molecule has 2 aromatic heterocycles. The third-order valence-electron chi connectivity index (χ3n) is 7.49. The summed E-state index contributed by atoms with van der Waals surface area (Å²) in [5.41, 5.74) is 1.55. The highest BCUT2D eigenvalue weighted by Crippen LogP contribution is 2.35. The van der Waals surface area contributed by atoms with Crippen molar-refractivity contribution in [3.63, 3.8) is 0 Å². The fourth-order valence-corrected chi connectivity index (χ4v) is 5.31. The predicted molar refractivity (Wildman–Crippen MR) is 150 cm³/mol. The van der Waals surface area contributed by atoms with Crippen LogP contribution in [-0.4, -0.2) is 57.0 Å². The first-order valence-corrected chi connectivity index (χ1v) is 13.6. The molecule has 0 atom stereocenters. The van der Waals surface area contributed by atoms with Crippen LogP contribution in [0.3, 0.4) is 0 Å². The molecular weight excluding hydrogens is 565 g/mol. The third kappa shape index (κ3) is 6.32. The topological polar surface area (TPSA) is 107 Å². The van der Waals surface area contributed by atoms with E-state index < -0.39 is 23.4 Å². The molecule has 0 unspecified atom stereocenters. The maximum atomic E-state index is 13.8. The number of hydrogen-bond donors (Lipinski definition) is 1. The number of piperidine rings is 1. The van der Waals surface area contributed by atoms with Crippen LogP contribution in [0.25, 0.3) is 17.1 Å². The van der Waals surface area contributed by atoms with Gasteiger partial charge in [-0.15, -0.1) is 0 Å². The number of carboxylic acid groups (broad SMARTS) is 1. The lowest BCUT2D eigenvalue weighted by molar-refractivity contribution is -0.143. The number of methoxy groups -OCH3 is 1. The number of aryl methyl sites for hydroxylation is 1. The Hall–Kier alpha value is -4.87. The largest absolute Gasteiger partial charge is 0.489 e. The summed E-state index contributed by atoms with van der Waals surface area (Å²) in [7, 11) is 1.38. The van der Waals surface area contributed by atoms with E-state index >= 15 is 0 Å². The molecule has 0 radical (unpaired) electrons. The maximum absolute atomic E-state index is 13.8. The Morgan fingerprint density at radius 2 is 1.79 bits per heavy atom. The van der Waals surface area contributed by atoms with Gasteiger partial charge in [0.15, 0.2) is 11.5 Å². The summed E-state index contributed by atoms with van der Waals surface area (Å²) in [5, 5.41) is 12.9. The van der Waals surface area contributed by atoms with Gasteiger partial charge in [-0.1, -0.05) is 42.5 Å². The van der Waals surface area contributed by atoms with Gasteiger partial charge >= 0.3 is 18.2 Å². The van der Waals surface area contributed by atoms with Crippen molar-refractivity contribution in [1.82, 2.24) is 19.7 Å². The molecule has 43 heavy (non-hydrogen) atoms. The van der Waals surface area contributed by atoms with Gasteiger partial charge in [-0.25, -0.2) is 19.3 Å². The normalized spacial score (nSPS) is 14.0. The molecule has 2 aromatic carbocycles. The molecule has 1 aliphatic rings. The van der Waals surface area contributed by atoms with Gasteiger partial charge in [-0.2, -0.15) is 18.3 Å². The van der Waals surface area contributed by atoms with Crippen LogP contribution in [0.5, 0.6) is 5.75 Å². The highest BCUT2D eigenvalue weighted by molar-refractivity contribution is 5.89. The van der Waals surface area contributed by atoms with Gasteiger partial charge in [0.05, 0.1) is 19.0 Å². The molecule has 0 spiro atoms. The van der Waals surface area contributed by atoms with Gasteiger partial charge in [0.2, 0.25) is 0 Å². The number of halogens is 3. The van der Waals surface area contributed by atoms with Gasteiger partial charge in [0.1, 0.15) is 17.9 Å². The van der Waals surface area contributed by atoms with E-state index in [-0.39, 0.29) is 18.5 Å². The average molecular weight is 595 g/mol. The van der Waals surface area contributed by atoms with Crippen LogP contribution >= 0.6 is 0 Å². The number of carboxylic acids is 1. The molecule has 1 N–H and O–H groups in total. The molecule has 1 fully saturated rings. The number of carbonyl (C=O) groups is 2. The Balaban J connectivity index is 1.34. The zero-order valence-corrected chi connectivity index (χ0v) is 23.5. The summed E-state index contributed by atoms with van der Waals surface area (Å²) < 4.78 is 52.8. The number of amides is 1. The molecular formula is C31H29F3N4O5. The monoisotopic (exact) mass is 594 g/mol. The highest BCUT2D eigenvalue weighted by atomic mass is 19.4. The summed E-state index contributed by atoms with van der Waals surface area (Å²) in [5.74, 6) is -0.881. The minimum absolute atomic E-state index is 0.170. The number of pyridine rings is 1. The molecule has 1 amide bonds. The summed E-state index contributed by atoms with van der Waals surface area (Å²) in [4.78, 5) is 29.3. The van der Waals surface area contributed by atoms with Crippen molar-refractivity contribution < 1.29 is 37.3 Å². The first kappa shape index (κ1) is 29.6. The standard InChI is InChI=1S/C31H29F3N4O5/c1-19-16-21(20-12-14-37(15-13-20)30(41)42-2)10-11-26(19)43-18-22-6-3-4-7-23(22)25-8-5-9-27(36-25)38-28(31(32,33)34)24(17-35-38)29(39)40/h3-11,16-17,20H,12-15,18H2,1-2H3,(H,39,40). The van der Waals surface area contributed by atoms with Crippen LogP contribution in [0, 0.1) is 6.92 Å². The smallest absolute Gasteiger partial charge is 0.434 e. The highest BCUT2D eigenvalue weighted by Gasteiger charge is 2.41. The second kappa shape index (κ2) is 12.2. The van der Waals surface area contributed by atoms with Gasteiger partial charge in [0, 0.05) is 18.7 Å². The van der Waals surface area contributed by atoms with Crippen molar-refractivity contribution in [2.24, 2.45) is 0 Å². The van der Waals surface area contributed by atoms with E-state index in [1.807, 2.05) is 31.2 Å². The number of aromatic carboxylic acids is 1. The Labute approximate surface area is 245 Å². The lowest BCUT2D eigenvalue weighted by Gasteiger charge is -2.31. The van der Waals surface area contributed by atoms with Gasteiger partial charge in [-0.3, -0.25) is 0 Å². The zero-order chi connectivity index (χ0) is 30.7. The molecule has 0 bridgehead atoms. The molecule has 5 rings (SSSR count). The Morgan fingerprint density at radius 3 is 2.47 bits per heavy atom. The summed E-state index contributed by atoms with van der Waals surface area (Å²) in [6.45, 7) is 3.42. The van der Waals surface area contributed by atoms with Gasteiger partial charge < -0.3 is 19.5 Å². The van der Waals surface area contributed by atoms with E-state index in [1.54, 1.807) is 23.1 Å². The maximum Gasteiger partial charge on any atom is 0.434 e. The molecule has 1 aliphatic heterocycles. The number of likely N-dealkylation sites (tertiary alicyclic amines) is 1. The van der Waals surface area contributed by atoms with Gasteiger partial charge in [-0.05, 0) is 60.6 Å². The SMILES string of the molecule is COC(=O)N1CCC(c2ccc(OCc3ccccc3-c3cccc(-n4ncc(C(=O)O)c4C(F)(F)F)n3)c(C)c2)CC1. The number of rotatable bonds is 7. The summed E-state index contributed by atoms with van der Waals surface area (Å²) in [6.07, 6.45) is -2.91. The van der Waals surface area contributed by atoms with Crippen molar-refractivity contribution in [3.05, 3.63) is 94.8 Å². The molecule has 4 aromatic rings. The Morgan fingerprint density at radius 1 is 1.05 bits per heavy atom. The van der Waals surface area contributed by atoms with Crippen LogP contribution in [-0.2, 0) is 17.5 Å². The molecule has 0 aliphatic carbocycles. The second-order valence-corrected chi connectivity index (χ2v) is 10.2. The molecule has 9 nitrogen and oxygen atoms in total. The van der Waals surface area contributed by atoms with Crippen LogP contribution in [0.4, 0.5) is 18.0 Å². The van der Waals surface area contributed by atoms with E-state index in [1.165, 1.54) is 24.8 Å². The first-order chi connectivity index (χ1) is 20.6. The quantitative estimate of drug-likeness (QED) is 0.261. The van der Waals surface area contributed by atoms with E-state index in [9.17, 15) is 27.9 Å². The number of ether oxygens (including phenoxy) is 2. The van der Waals surface area contributed by atoms with E-state index in [0.717, 1.165) is 24.0 Å². The second-order valence-electron chi connectivity index (χ2n) is 10.2. The van der Waals surface area contributed by atoms with E-state index in [0.29, 0.717) is 46.9 Å². The lowest BCUT2D eigenvalue weighted by atomic mass is 9.88. The van der Waals surface area contributed by atoms with E-state index in [2.05, 4.69) is 16.1 Å². The van der Waals surface area contributed by atoms with E-state index in [4.69, 9.17) is 9.47 Å². The number of nitrogens with zero attached hydrogens (tertiary/aromatic N) is 4. The number of carbonyl (C=O) groups excluding carboxylic acids is 1. The Kier molecular flexibility index (Phi) is 8.38. The predicted octanol–water partition coefficient (Wildman–Crippen LogP) is 6.48. The molecule has 224 valence electrons. The molecule has 1 saturated heterocycles. The zero-order valence-electron chi connectivity index (χ0n) is 23.5. The van der Waals surface area contributed by atoms with Crippen molar-refractivity contribution in [1.29, 1.82) is 0 Å². The van der Waals surface area contributed by atoms with Crippen LogP contribution in [0.15, 0.2) is 66.9 Å². The lowest BCUT2D eigenvalue weighted by Crippen LogP contribution is -2.37. The van der Waals surface area contributed by atoms with Gasteiger partial charge in [0.25, 0.3) is 0 Å². The molecule has 0 saturated carbocycles. The molecule has 3 heterocycles. The number of alkyl halides is 3. The summed E-state index contributed by atoms with van der Waals surface area (Å²) >= 11 is 0. The average Bonchev–Trinajstić information content (AvgIpc) is 3.47. The fourth-order valence-electron chi connectivity index (χ4n) is 5.31. The number of aromatic nitrogens is 3. The van der Waals surface area contributed by atoms with Crippen LogP contribution in [0.2, 0.25) is 0 Å². The third-order valence-corrected chi connectivity index (χ3v) is 7.49. The Bertz CT molecular complexity index is 1640. The molecule has 12 heteroatoms. The minimum atomic E-state index is -4.96. The van der Waals surface area contributed by atoms with Crippen LogP contribution in [0.1, 0.15) is 51.5 Å². The summed E-state index contributed by atoms with van der Waals surface area (Å²) in [6, 6.07) is 17.8. The van der Waals surface area contributed by atoms with Crippen molar-refractivity contribution in [2.75, 3.05) is 20.2 Å². The number of hydrogen-bond acceptors (Lipinski definition) is 6. The van der Waals surface area contributed by atoms with Crippen molar-refractivity contribution >= 4 is 12.1 Å². The number of benzene rings is 2.